The fourth-order valence-corrected chi connectivity index (χ4v) is 2.30. The van der Waals surface area contributed by atoms with Crippen LogP contribution in [0.2, 0.25) is 0 Å². The Bertz CT molecular complexity index is 397. The van der Waals surface area contributed by atoms with Gasteiger partial charge in [-0.05, 0) is 38.8 Å². The van der Waals surface area contributed by atoms with Gasteiger partial charge in [-0.25, -0.2) is 0 Å². The Morgan fingerprint density at radius 2 is 2.18 bits per heavy atom. The first kappa shape index (κ1) is 12.2. The number of hydrogen-bond donors (Lipinski definition) is 2. The van der Waals surface area contributed by atoms with Gasteiger partial charge in [-0.1, -0.05) is 6.07 Å². The zero-order valence-electron chi connectivity index (χ0n) is 10.8. The number of nitrogens with one attached hydrogen (secondary N) is 1. The molecule has 1 aromatic carbocycles. The molecule has 1 fully saturated rings. The quantitative estimate of drug-likeness (QED) is 0.846. The van der Waals surface area contributed by atoms with Gasteiger partial charge in [0.25, 0.3) is 0 Å². The maximum absolute atomic E-state index is 9.90. The third-order valence-corrected chi connectivity index (χ3v) is 3.69. The van der Waals surface area contributed by atoms with E-state index in [0.717, 1.165) is 36.4 Å². The summed E-state index contributed by atoms with van der Waals surface area (Å²) in [5.41, 5.74) is 2.87. The van der Waals surface area contributed by atoms with E-state index in [2.05, 4.69) is 12.2 Å². The number of phenols is 1. The predicted octanol–water partition coefficient (Wildman–Crippen LogP) is 2.85. The van der Waals surface area contributed by atoms with E-state index >= 15 is 0 Å². The van der Waals surface area contributed by atoms with Gasteiger partial charge < -0.3 is 15.2 Å². The minimum atomic E-state index is 0.373. The molecule has 0 amide bonds. The normalized spacial score (nSPS) is 21.5. The highest BCUT2D eigenvalue weighted by molar-refractivity contribution is 5.59. The van der Waals surface area contributed by atoms with Crippen molar-refractivity contribution in [3.63, 3.8) is 0 Å². The molecule has 0 aromatic heterocycles. The van der Waals surface area contributed by atoms with E-state index in [-0.39, 0.29) is 0 Å². The lowest BCUT2D eigenvalue weighted by molar-refractivity contribution is 0.183. The molecule has 3 nitrogen and oxygen atoms in total. The highest BCUT2D eigenvalue weighted by atomic mass is 16.5. The molecule has 2 atom stereocenters. The van der Waals surface area contributed by atoms with E-state index in [4.69, 9.17) is 4.74 Å². The Labute approximate surface area is 103 Å². The number of rotatable bonds is 3. The summed E-state index contributed by atoms with van der Waals surface area (Å²) in [7, 11) is 0. The lowest BCUT2D eigenvalue weighted by Gasteiger charge is -2.22. The van der Waals surface area contributed by atoms with Gasteiger partial charge in [-0.15, -0.1) is 0 Å². The molecule has 94 valence electrons. The second-order valence-electron chi connectivity index (χ2n) is 4.96. The lowest BCUT2D eigenvalue weighted by Crippen LogP contribution is -2.26. The number of anilines is 1. The minimum Gasteiger partial charge on any atom is -0.507 e. The van der Waals surface area contributed by atoms with Crippen molar-refractivity contribution in [2.75, 3.05) is 18.5 Å². The third kappa shape index (κ3) is 2.55. The summed E-state index contributed by atoms with van der Waals surface area (Å²) in [6.07, 6.45) is 1.12. The van der Waals surface area contributed by atoms with Crippen LogP contribution in [0.4, 0.5) is 5.69 Å². The predicted molar refractivity (Wildman–Crippen MR) is 69.6 cm³/mol. The Kier molecular flexibility index (Phi) is 3.57. The van der Waals surface area contributed by atoms with Crippen LogP contribution in [0.15, 0.2) is 12.1 Å². The highest BCUT2D eigenvalue weighted by Gasteiger charge is 2.22. The van der Waals surface area contributed by atoms with E-state index in [0.29, 0.717) is 17.7 Å². The van der Waals surface area contributed by atoms with Gasteiger partial charge >= 0.3 is 0 Å². The molecular formula is C14H21NO2. The number of hydrogen-bond acceptors (Lipinski definition) is 3. The van der Waals surface area contributed by atoms with Crippen molar-refractivity contribution >= 4 is 5.69 Å². The van der Waals surface area contributed by atoms with Gasteiger partial charge in [0, 0.05) is 29.8 Å². The summed E-state index contributed by atoms with van der Waals surface area (Å²) < 4.78 is 5.40. The molecule has 0 radical (unpaired) electrons. The van der Waals surface area contributed by atoms with Crippen molar-refractivity contribution in [2.24, 2.45) is 5.92 Å². The Balaban J connectivity index is 2.10. The number of ether oxygens (including phenoxy) is 1. The van der Waals surface area contributed by atoms with Crippen molar-refractivity contribution in [3.8, 4) is 5.75 Å². The highest BCUT2D eigenvalue weighted by Crippen LogP contribution is 2.29. The Hall–Kier alpha value is -1.22. The molecule has 0 spiro atoms. The molecule has 1 aliphatic heterocycles. The average molecular weight is 235 g/mol. The van der Waals surface area contributed by atoms with Crippen molar-refractivity contribution in [3.05, 3.63) is 23.3 Å². The molecular weight excluding hydrogens is 214 g/mol. The Morgan fingerprint density at radius 1 is 1.41 bits per heavy atom. The van der Waals surface area contributed by atoms with Crippen LogP contribution in [-0.4, -0.2) is 24.4 Å². The maximum Gasteiger partial charge on any atom is 0.123 e. The summed E-state index contributed by atoms with van der Waals surface area (Å²) in [5, 5.41) is 13.4. The zero-order valence-corrected chi connectivity index (χ0v) is 10.8. The SMILES string of the molecule is Cc1ccc(NC(C)C2CCOC2)c(C)c1O. The first-order chi connectivity index (χ1) is 8.09. The van der Waals surface area contributed by atoms with Crippen molar-refractivity contribution in [2.45, 2.75) is 33.2 Å². The maximum atomic E-state index is 9.90. The molecule has 0 bridgehead atoms. The lowest BCUT2D eigenvalue weighted by atomic mass is 9.99. The zero-order chi connectivity index (χ0) is 12.4. The molecule has 0 saturated carbocycles. The van der Waals surface area contributed by atoms with Crippen LogP contribution >= 0.6 is 0 Å². The molecule has 1 saturated heterocycles. The average Bonchev–Trinajstić information content (AvgIpc) is 2.83. The van der Waals surface area contributed by atoms with Crippen molar-refractivity contribution in [1.29, 1.82) is 0 Å². The monoisotopic (exact) mass is 235 g/mol. The summed E-state index contributed by atoms with van der Waals surface area (Å²) in [6, 6.07) is 4.36. The van der Waals surface area contributed by atoms with Crippen LogP contribution in [0.5, 0.6) is 5.75 Å². The van der Waals surface area contributed by atoms with Gasteiger partial charge in [-0.2, -0.15) is 0 Å². The van der Waals surface area contributed by atoms with Crippen molar-refractivity contribution in [1.82, 2.24) is 0 Å². The third-order valence-electron chi connectivity index (χ3n) is 3.69. The fourth-order valence-electron chi connectivity index (χ4n) is 2.30. The molecule has 1 aromatic rings. The van der Waals surface area contributed by atoms with Crippen LogP contribution in [0.3, 0.4) is 0 Å². The van der Waals surface area contributed by atoms with Crippen LogP contribution < -0.4 is 5.32 Å². The van der Waals surface area contributed by atoms with E-state index < -0.39 is 0 Å². The molecule has 1 aliphatic rings. The van der Waals surface area contributed by atoms with Gasteiger partial charge in [0.15, 0.2) is 0 Å². The summed E-state index contributed by atoms with van der Waals surface area (Å²) in [5.74, 6) is 0.961. The van der Waals surface area contributed by atoms with Gasteiger partial charge in [-0.3, -0.25) is 0 Å². The number of phenolic OH excluding ortho intramolecular Hbond substituents is 1. The summed E-state index contributed by atoms with van der Waals surface area (Å²) in [4.78, 5) is 0. The van der Waals surface area contributed by atoms with Crippen LogP contribution in [0, 0.1) is 19.8 Å². The molecule has 2 rings (SSSR count). The fraction of sp³-hybridized carbons (Fsp3) is 0.571. The molecule has 3 heteroatoms. The van der Waals surface area contributed by atoms with Gasteiger partial charge in [0.2, 0.25) is 0 Å². The van der Waals surface area contributed by atoms with E-state index in [1.807, 2.05) is 26.0 Å². The largest absolute Gasteiger partial charge is 0.507 e. The molecule has 17 heavy (non-hydrogen) atoms. The Morgan fingerprint density at radius 3 is 2.82 bits per heavy atom. The van der Waals surface area contributed by atoms with E-state index in [9.17, 15) is 5.11 Å². The molecule has 1 heterocycles. The topological polar surface area (TPSA) is 41.5 Å². The van der Waals surface area contributed by atoms with Gasteiger partial charge in [0.05, 0.1) is 6.61 Å². The van der Waals surface area contributed by atoms with Crippen LogP contribution in [0.25, 0.3) is 0 Å². The minimum absolute atomic E-state index is 0.373. The number of aryl methyl sites for hydroxylation is 1. The standard InChI is InChI=1S/C14H21NO2/c1-9-4-5-13(10(2)14(9)16)15-11(3)12-6-7-17-8-12/h4-5,11-12,15-16H,6-8H2,1-3H3. The number of aromatic hydroxyl groups is 1. The summed E-state index contributed by atoms with van der Waals surface area (Å²) in [6.45, 7) is 7.75. The first-order valence-corrected chi connectivity index (χ1v) is 6.23. The van der Waals surface area contributed by atoms with E-state index in [1.54, 1.807) is 0 Å². The van der Waals surface area contributed by atoms with Gasteiger partial charge in [0.1, 0.15) is 5.75 Å². The smallest absolute Gasteiger partial charge is 0.123 e. The van der Waals surface area contributed by atoms with Crippen LogP contribution in [0.1, 0.15) is 24.5 Å². The second-order valence-corrected chi connectivity index (χ2v) is 4.96. The molecule has 2 unspecified atom stereocenters. The molecule has 0 aliphatic carbocycles. The molecule has 2 N–H and O–H groups in total. The second kappa shape index (κ2) is 4.96. The summed E-state index contributed by atoms with van der Waals surface area (Å²) >= 11 is 0. The van der Waals surface area contributed by atoms with Crippen LogP contribution in [-0.2, 0) is 4.74 Å². The number of benzene rings is 1. The first-order valence-electron chi connectivity index (χ1n) is 6.23. The van der Waals surface area contributed by atoms with Crippen molar-refractivity contribution < 1.29 is 9.84 Å². The van der Waals surface area contributed by atoms with E-state index in [1.165, 1.54) is 0 Å².